The van der Waals surface area contributed by atoms with Crippen LogP contribution >= 0.6 is 0 Å². The van der Waals surface area contributed by atoms with Crippen molar-refractivity contribution in [1.29, 1.82) is 0 Å². The van der Waals surface area contributed by atoms with Crippen LogP contribution in [0, 0.1) is 17.3 Å². The van der Waals surface area contributed by atoms with Crippen LogP contribution in [0.1, 0.15) is 51.4 Å². The number of aliphatic hydroxyl groups is 1. The van der Waals surface area contributed by atoms with Gasteiger partial charge in [-0.25, -0.2) is 0 Å². The standard InChI is InChI=1S/C15H22O4/c16-9-13-6-1-7-14(8-13,12(17)18)15(19-13,10-2-3-10)11-4-5-11/h10-11,16H,1-9H2,(H,17,18)/t13-,14+/m1/s1. The van der Waals surface area contributed by atoms with E-state index in [1.165, 1.54) is 0 Å². The van der Waals surface area contributed by atoms with E-state index in [0.717, 1.165) is 44.9 Å². The van der Waals surface area contributed by atoms with Crippen LogP contribution in [0.2, 0.25) is 0 Å². The molecule has 0 spiro atoms. The molecule has 2 N–H and O–H groups in total. The molecule has 0 aromatic heterocycles. The molecule has 0 unspecified atom stereocenters. The summed E-state index contributed by atoms with van der Waals surface area (Å²) in [6.07, 6.45) is 7.36. The van der Waals surface area contributed by atoms with Crippen LogP contribution in [0.25, 0.3) is 0 Å². The number of carboxylic acid groups (broad SMARTS) is 1. The summed E-state index contributed by atoms with van der Waals surface area (Å²) in [5, 5.41) is 19.7. The van der Waals surface area contributed by atoms with E-state index >= 15 is 0 Å². The maximum Gasteiger partial charge on any atom is 0.312 e. The normalized spacial score (nSPS) is 44.3. The summed E-state index contributed by atoms with van der Waals surface area (Å²) < 4.78 is 6.49. The molecule has 4 nitrogen and oxygen atoms in total. The van der Waals surface area contributed by atoms with Crippen molar-refractivity contribution in [2.75, 3.05) is 6.61 Å². The highest BCUT2D eigenvalue weighted by Crippen LogP contribution is 2.71. The van der Waals surface area contributed by atoms with E-state index in [1.54, 1.807) is 0 Å². The third-order valence-corrected chi connectivity index (χ3v) is 6.06. The fraction of sp³-hybridized carbons (Fsp3) is 0.933. The lowest BCUT2D eigenvalue weighted by atomic mass is 9.59. The Kier molecular flexibility index (Phi) is 2.26. The third kappa shape index (κ3) is 1.34. The van der Waals surface area contributed by atoms with Gasteiger partial charge in [-0.15, -0.1) is 0 Å². The second-order valence-corrected chi connectivity index (χ2v) is 7.20. The van der Waals surface area contributed by atoms with Crippen molar-refractivity contribution in [2.45, 2.75) is 62.6 Å². The van der Waals surface area contributed by atoms with Gasteiger partial charge in [-0.1, -0.05) is 0 Å². The summed E-state index contributed by atoms with van der Waals surface area (Å²) in [6.45, 7) is -0.0246. The molecule has 2 atom stereocenters. The first-order chi connectivity index (χ1) is 9.09. The fourth-order valence-electron chi connectivity index (χ4n) is 5.14. The van der Waals surface area contributed by atoms with Gasteiger partial charge in [0.25, 0.3) is 0 Å². The lowest BCUT2D eigenvalue weighted by molar-refractivity contribution is -0.179. The van der Waals surface area contributed by atoms with Crippen LogP contribution in [0.3, 0.4) is 0 Å². The van der Waals surface area contributed by atoms with Crippen LogP contribution in [-0.2, 0) is 9.53 Å². The molecule has 106 valence electrons. The highest BCUT2D eigenvalue weighted by Gasteiger charge is 2.77. The van der Waals surface area contributed by atoms with E-state index in [0.29, 0.717) is 18.3 Å². The van der Waals surface area contributed by atoms with Gasteiger partial charge in [-0.3, -0.25) is 4.79 Å². The number of carbonyl (C=O) groups is 1. The van der Waals surface area contributed by atoms with Gasteiger partial charge in [0.2, 0.25) is 0 Å². The number of aliphatic carboxylic acids is 1. The number of aliphatic hydroxyl groups excluding tert-OH is 1. The molecule has 19 heavy (non-hydrogen) atoms. The average molecular weight is 266 g/mol. The number of hydrogen-bond donors (Lipinski definition) is 2. The molecular formula is C15H22O4. The summed E-state index contributed by atoms with van der Waals surface area (Å²) >= 11 is 0. The third-order valence-electron chi connectivity index (χ3n) is 6.06. The molecule has 2 bridgehead atoms. The van der Waals surface area contributed by atoms with Crippen molar-refractivity contribution in [3.63, 3.8) is 0 Å². The maximum atomic E-state index is 12.1. The van der Waals surface area contributed by atoms with E-state index in [1.807, 2.05) is 0 Å². The highest BCUT2D eigenvalue weighted by molar-refractivity contribution is 5.78. The van der Waals surface area contributed by atoms with E-state index in [2.05, 4.69) is 0 Å². The molecule has 0 aromatic rings. The average Bonchev–Trinajstić information content (AvgIpc) is 3.28. The van der Waals surface area contributed by atoms with Crippen LogP contribution in [0.15, 0.2) is 0 Å². The van der Waals surface area contributed by atoms with Crippen molar-refractivity contribution in [3.05, 3.63) is 0 Å². The monoisotopic (exact) mass is 266 g/mol. The number of carboxylic acids is 1. The predicted octanol–water partition coefficient (Wildman–Crippen LogP) is 1.95. The molecular weight excluding hydrogens is 244 g/mol. The van der Waals surface area contributed by atoms with Gasteiger partial charge in [-0.05, 0) is 63.2 Å². The molecule has 4 rings (SSSR count). The fourth-order valence-corrected chi connectivity index (χ4v) is 5.14. The van der Waals surface area contributed by atoms with Gasteiger partial charge >= 0.3 is 5.97 Å². The predicted molar refractivity (Wildman–Crippen MR) is 67.6 cm³/mol. The second kappa shape index (κ2) is 3.53. The summed E-state index contributed by atoms with van der Waals surface area (Å²) in [4.78, 5) is 12.1. The molecule has 1 heterocycles. The zero-order chi connectivity index (χ0) is 13.3. The van der Waals surface area contributed by atoms with Crippen LogP contribution < -0.4 is 0 Å². The van der Waals surface area contributed by atoms with Gasteiger partial charge in [0.1, 0.15) is 5.41 Å². The van der Waals surface area contributed by atoms with Crippen LogP contribution in [0.5, 0.6) is 0 Å². The Morgan fingerprint density at radius 2 is 1.79 bits per heavy atom. The number of fused-ring (bicyclic) bond motifs is 2. The molecule has 3 saturated carbocycles. The summed E-state index contributed by atoms with van der Waals surface area (Å²) in [5.74, 6) is 0.159. The number of hydrogen-bond acceptors (Lipinski definition) is 3. The molecule has 4 aliphatic rings. The molecule has 0 amide bonds. The number of ether oxygens (including phenoxy) is 1. The van der Waals surface area contributed by atoms with E-state index in [9.17, 15) is 15.0 Å². The van der Waals surface area contributed by atoms with Gasteiger partial charge < -0.3 is 14.9 Å². The van der Waals surface area contributed by atoms with Gasteiger partial charge in [0.05, 0.1) is 17.8 Å². The van der Waals surface area contributed by atoms with Crippen molar-refractivity contribution < 1.29 is 19.7 Å². The molecule has 3 aliphatic carbocycles. The van der Waals surface area contributed by atoms with Crippen molar-refractivity contribution in [1.82, 2.24) is 0 Å². The minimum absolute atomic E-state index is 0.0246. The Morgan fingerprint density at radius 3 is 2.26 bits per heavy atom. The smallest absolute Gasteiger partial charge is 0.312 e. The van der Waals surface area contributed by atoms with Gasteiger partial charge in [0.15, 0.2) is 0 Å². The van der Waals surface area contributed by atoms with Crippen molar-refractivity contribution in [3.8, 4) is 0 Å². The first-order valence-electron chi connectivity index (χ1n) is 7.63. The zero-order valence-corrected chi connectivity index (χ0v) is 11.2. The minimum atomic E-state index is -0.726. The Labute approximate surface area is 113 Å². The van der Waals surface area contributed by atoms with Crippen molar-refractivity contribution >= 4 is 5.97 Å². The largest absolute Gasteiger partial charge is 0.481 e. The zero-order valence-electron chi connectivity index (χ0n) is 11.2. The Hall–Kier alpha value is -0.610. The first-order valence-corrected chi connectivity index (χ1v) is 7.63. The lowest BCUT2D eigenvalue weighted by Crippen LogP contribution is -2.53. The lowest BCUT2D eigenvalue weighted by Gasteiger charge is -2.42. The van der Waals surface area contributed by atoms with E-state index < -0.39 is 22.6 Å². The van der Waals surface area contributed by atoms with Gasteiger partial charge in [-0.2, -0.15) is 0 Å². The number of rotatable bonds is 4. The summed E-state index contributed by atoms with van der Waals surface area (Å²) in [6, 6.07) is 0. The van der Waals surface area contributed by atoms with E-state index in [4.69, 9.17) is 4.74 Å². The molecule has 0 radical (unpaired) electrons. The molecule has 0 aromatic carbocycles. The second-order valence-electron chi connectivity index (χ2n) is 7.20. The molecule has 4 fully saturated rings. The molecule has 1 saturated heterocycles. The summed E-state index contributed by atoms with van der Waals surface area (Å²) in [5.41, 5.74) is -1.75. The SMILES string of the molecule is O=C(O)[C@]12CCC[C@](CO)(C1)OC2(C1CC1)C1CC1. The van der Waals surface area contributed by atoms with Gasteiger partial charge in [0, 0.05) is 0 Å². The Balaban J connectivity index is 1.85. The Morgan fingerprint density at radius 1 is 1.16 bits per heavy atom. The van der Waals surface area contributed by atoms with Crippen LogP contribution in [-0.4, -0.2) is 34.0 Å². The topological polar surface area (TPSA) is 66.8 Å². The minimum Gasteiger partial charge on any atom is -0.481 e. The highest BCUT2D eigenvalue weighted by atomic mass is 16.5. The van der Waals surface area contributed by atoms with E-state index in [-0.39, 0.29) is 6.61 Å². The molecule has 4 heteroatoms. The molecule has 1 aliphatic heterocycles. The van der Waals surface area contributed by atoms with Crippen LogP contribution in [0.4, 0.5) is 0 Å². The summed E-state index contributed by atoms with van der Waals surface area (Å²) in [7, 11) is 0. The quantitative estimate of drug-likeness (QED) is 0.816. The first kappa shape index (κ1) is 12.2. The van der Waals surface area contributed by atoms with Crippen molar-refractivity contribution in [2.24, 2.45) is 17.3 Å². The maximum absolute atomic E-state index is 12.1. The Bertz CT molecular complexity index is 414.